The van der Waals surface area contributed by atoms with Crippen molar-refractivity contribution < 1.29 is 24.6 Å². The van der Waals surface area contributed by atoms with Gasteiger partial charge in [-0.3, -0.25) is 9.59 Å². The third-order valence-corrected chi connectivity index (χ3v) is 5.47. The maximum atomic E-state index is 12.3. The fourth-order valence-corrected chi connectivity index (χ4v) is 3.73. The molecule has 0 saturated heterocycles. The fourth-order valence-electron chi connectivity index (χ4n) is 2.82. The molecular formula is C19H21N7O5S. The molecule has 1 aromatic carbocycles. The van der Waals surface area contributed by atoms with Gasteiger partial charge in [0.2, 0.25) is 5.95 Å². The lowest BCUT2D eigenvalue weighted by molar-refractivity contribution is -0.140. The second-order valence-corrected chi connectivity index (χ2v) is 7.78. The zero-order valence-electron chi connectivity index (χ0n) is 16.7. The number of nitrogen functional groups attached to an aromatic ring is 2. The second kappa shape index (κ2) is 9.96. The van der Waals surface area contributed by atoms with E-state index < -0.39 is 23.9 Å². The molecule has 2 heterocycles. The Morgan fingerprint density at radius 3 is 2.50 bits per heavy atom. The third kappa shape index (κ3) is 5.85. The van der Waals surface area contributed by atoms with E-state index in [1.807, 2.05) is 0 Å². The van der Waals surface area contributed by atoms with E-state index in [9.17, 15) is 14.4 Å². The molecule has 1 amide bonds. The Balaban J connectivity index is 1.59. The van der Waals surface area contributed by atoms with Crippen molar-refractivity contribution in [1.82, 2.24) is 15.3 Å². The number of hydrogen-bond donors (Lipinski definition) is 6. The molecule has 168 valence electrons. The number of carboxylic acids is 2. The van der Waals surface area contributed by atoms with E-state index in [1.54, 1.807) is 12.1 Å². The second-order valence-electron chi connectivity index (χ2n) is 6.82. The fraction of sp³-hybridized carbons (Fsp3) is 0.263. The minimum absolute atomic E-state index is 0.103. The van der Waals surface area contributed by atoms with Crippen LogP contribution in [0.1, 0.15) is 23.2 Å². The Morgan fingerprint density at radius 1 is 1.12 bits per heavy atom. The maximum absolute atomic E-state index is 12.3. The molecule has 1 aliphatic rings. The van der Waals surface area contributed by atoms with Crippen LogP contribution in [0, 0.1) is 0 Å². The van der Waals surface area contributed by atoms with Crippen LogP contribution in [-0.4, -0.2) is 62.1 Å². The lowest BCUT2D eigenvalue weighted by atomic mass is 10.1. The van der Waals surface area contributed by atoms with Crippen molar-refractivity contribution in [2.75, 3.05) is 29.1 Å². The van der Waals surface area contributed by atoms with Crippen LogP contribution in [-0.2, 0) is 9.59 Å². The summed E-state index contributed by atoms with van der Waals surface area (Å²) >= 11 is 1.46. The molecule has 0 fully saturated rings. The highest BCUT2D eigenvalue weighted by Gasteiger charge is 2.22. The van der Waals surface area contributed by atoms with Gasteiger partial charge in [0.25, 0.3) is 5.91 Å². The molecular weight excluding hydrogens is 438 g/mol. The standard InChI is InChI=1S/C19H21N7O5S/c20-15-14-17(26-19(21)25-15)32-8-11(23-14)7-22-10-3-1-9(2-4-10)16(29)24-12(18(30)31)5-6-13(27)28/h1-4,12,22H,5-8H2,(H,24,29)(H,27,28)(H,30,31)(H4,20,21,25,26). The number of nitrogens with two attached hydrogens (primary N) is 2. The Bertz CT molecular complexity index is 1070. The normalized spacial score (nSPS) is 13.4. The highest BCUT2D eigenvalue weighted by molar-refractivity contribution is 8.00. The summed E-state index contributed by atoms with van der Waals surface area (Å²) in [6, 6.07) is 5.13. The number of amides is 1. The Morgan fingerprint density at radius 2 is 1.84 bits per heavy atom. The average Bonchev–Trinajstić information content (AvgIpc) is 2.75. The van der Waals surface area contributed by atoms with Crippen molar-refractivity contribution in [3.63, 3.8) is 0 Å². The van der Waals surface area contributed by atoms with Gasteiger partial charge in [0, 0.05) is 29.1 Å². The van der Waals surface area contributed by atoms with Gasteiger partial charge in [-0.1, -0.05) is 11.8 Å². The van der Waals surface area contributed by atoms with Gasteiger partial charge in [-0.2, -0.15) is 4.98 Å². The smallest absolute Gasteiger partial charge is 0.326 e. The molecule has 1 aromatic heterocycles. The average molecular weight is 459 g/mol. The van der Waals surface area contributed by atoms with Crippen molar-refractivity contribution in [2.45, 2.75) is 23.9 Å². The predicted octanol–water partition coefficient (Wildman–Crippen LogP) is 0.979. The number of rotatable bonds is 9. The zero-order chi connectivity index (χ0) is 23.3. The number of carbonyl (C=O) groups excluding carboxylic acids is 1. The van der Waals surface area contributed by atoms with Crippen molar-refractivity contribution in [2.24, 2.45) is 4.99 Å². The topological polar surface area (TPSA) is 206 Å². The van der Waals surface area contributed by atoms with Crippen molar-refractivity contribution in [3.05, 3.63) is 29.8 Å². The van der Waals surface area contributed by atoms with Gasteiger partial charge in [0.1, 0.15) is 16.8 Å². The molecule has 0 spiro atoms. The number of nitrogens with zero attached hydrogens (tertiary/aromatic N) is 3. The molecule has 12 nitrogen and oxygen atoms in total. The van der Waals surface area contributed by atoms with Crippen LogP contribution >= 0.6 is 11.8 Å². The van der Waals surface area contributed by atoms with Crippen molar-refractivity contribution in [3.8, 4) is 0 Å². The monoisotopic (exact) mass is 459 g/mol. The summed E-state index contributed by atoms with van der Waals surface area (Å²) in [4.78, 5) is 46.7. The molecule has 2 aromatic rings. The first-order chi connectivity index (χ1) is 15.2. The molecule has 32 heavy (non-hydrogen) atoms. The molecule has 0 radical (unpaired) electrons. The Kier molecular flexibility index (Phi) is 7.10. The van der Waals surface area contributed by atoms with Crippen molar-refractivity contribution >= 4 is 58.5 Å². The van der Waals surface area contributed by atoms with E-state index >= 15 is 0 Å². The summed E-state index contributed by atoms with van der Waals surface area (Å²) < 4.78 is 0. The van der Waals surface area contributed by atoms with Gasteiger partial charge < -0.3 is 32.3 Å². The van der Waals surface area contributed by atoms with Crippen molar-refractivity contribution in [1.29, 1.82) is 0 Å². The summed E-state index contributed by atoms with van der Waals surface area (Å²) in [5.41, 5.74) is 13.8. The number of anilines is 3. The quantitative estimate of drug-likeness (QED) is 0.291. The van der Waals surface area contributed by atoms with E-state index in [4.69, 9.17) is 21.7 Å². The van der Waals surface area contributed by atoms with E-state index in [0.717, 1.165) is 11.4 Å². The maximum Gasteiger partial charge on any atom is 0.326 e. The van der Waals surface area contributed by atoms with Gasteiger partial charge >= 0.3 is 11.9 Å². The number of thioether (sulfide) groups is 1. The SMILES string of the molecule is Nc1nc(N)c2c(n1)SCC(CNc1ccc(C(=O)NC(CCC(=O)O)C(=O)O)cc1)=N2. The summed E-state index contributed by atoms with van der Waals surface area (Å²) in [5, 5.41) is 24.0. The number of carboxylic acid groups (broad SMARTS) is 2. The van der Waals surface area contributed by atoms with Gasteiger partial charge in [-0.15, -0.1) is 0 Å². The van der Waals surface area contributed by atoms with Crippen LogP contribution in [0.4, 0.5) is 23.1 Å². The van der Waals surface area contributed by atoms with Crippen LogP contribution in [0.5, 0.6) is 0 Å². The van der Waals surface area contributed by atoms with Crippen LogP contribution in [0.15, 0.2) is 34.3 Å². The van der Waals surface area contributed by atoms with Crippen LogP contribution < -0.4 is 22.1 Å². The summed E-state index contributed by atoms with van der Waals surface area (Å²) in [6.45, 7) is 0.429. The predicted molar refractivity (Wildman–Crippen MR) is 119 cm³/mol. The molecule has 1 unspecified atom stereocenters. The van der Waals surface area contributed by atoms with E-state index in [2.05, 4.69) is 25.6 Å². The first-order valence-electron chi connectivity index (χ1n) is 9.44. The van der Waals surface area contributed by atoms with E-state index in [-0.39, 0.29) is 30.2 Å². The molecule has 3 rings (SSSR count). The minimum Gasteiger partial charge on any atom is -0.481 e. The lowest BCUT2D eigenvalue weighted by Crippen LogP contribution is -2.41. The number of aliphatic imine (C=N–C) groups is 1. The number of aliphatic carboxylic acids is 2. The highest BCUT2D eigenvalue weighted by atomic mass is 32.2. The molecule has 0 saturated carbocycles. The lowest BCUT2D eigenvalue weighted by Gasteiger charge is -2.16. The number of carbonyl (C=O) groups is 3. The largest absolute Gasteiger partial charge is 0.481 e. The third-order valence-electron chi connectivity index (χ3n) is 4.44. The van der Waals surface area contributed by atoms with E-state index in [0.29, 0.717) is 23.0 Å². The summed E-state index contributed by atoms with van der Waals surface area (Å²) in [5.74, 6) is -2.11. The highest BCUT2D eigenvalue weighted by Crippen LogP contribution is 2.36. The van der Waals surface area contributed by atoms with Crippen LogP contribution in [0.25, 0.3) is 0 Å². The minimum atomic E-state index is -1.29. The summed E-state index contributed by atoms with van der Waals surface area (Å²) in [6.07, 6.45) is -0.570. The van der Waals surface area contributed by atoms with Gasteiger partial charge in [-0.05, 0) is 30.7 Å². The zero-order valence-corrected chi connectivity index (χ0v) is 17.6. The number of fused-ring (bicyclic) bond motifs is 1. The first kappa shape index (κ1) is 22.8. The summed E-state index contributed by atoms with van der Waals surface area (Å²) in [7, 11) is 0. The van der Waals surface area contributed by atoms with Gasteiger partial charge in [-0.25, -0.2) is 14.8 Å². The molecule has 13 heteroatoms. The molecule has 0 bridgehead atoms. The van der Waals surface area contributed by atoms with Crippen LogP contribution in [0.3, 0.4) is 0 Å². The Labute approximate surface area is 186 Å². The van der Waals surface area contributed by atoms with Gasteiger partial charge in [0.15, 0.2) is 5.82 Å². The van der Waals surface area contributed by atoms with Gasteiger partial charge in [0.05, 0.1) is 6.54 Å². The molecule has 8 N–H and O–H groups in total. The van der Waals surface area contributed by atoms with Crippen LogP contribution in [0.2, 0.25) is 0 Å². The number of nitrogens with one attached hydrogen (secondary N) is 2. The first-order valence-corrected chi connectivity index (χ1v) is 10.4. The molecule has 0 aliphatic carbocycles. The molecule has 1 atom stereocenters. The van der Waals surface area contributed by atoms with E-state index in [1.165, 1.54) is 23.9 Å². The number of hydrogen-bond acceptors (Lipinski definition) is 10. The molecule has 1 aliphatic heterocycles. The number of aromatic nitrogens is 2. The number of benzene rings is 1. The Hall–Kier alpha value is -3.87.